The van der Waals surface area contributed by atoms with Crippen LogP contribution in [0.2, 0.25) is 0 Å². The van der Waals surface area contributed by atoms with Gasteiger partial charge in [0.05, 0.1) is 11.5 Å². The highest BCUT2D eigenvalue weighted by molar-refractivity contribution is 5.79. The maximum absolute atomic E-state index is 10.6. The molecule has 0 spiro atoms. The van der Waals surface area contributed by atoms with Gasteiger partial charge in [0.15, 0.2) is 0 Å². The molecule has 0 radical (unpaired) electrons. The zero-order valence-corrected chi connectivity index (χ0v) is 11.7. The molecule has 0 saturated carbocycles. The van der Waals surface area contributed by atoms with Crippen molar-refractivity contribution < 1.29 is 15.1 Å². The summed E-state index contributed by atoms with van der Waals surface area (Å²) in [6.45, 7) is -0.332. The quantitative estimate of drug-likeness (QED) is 0.485. The molecule has 0 heterocycles. The lowest BCUT2D eigenvalue weighted by atomic mass is 10.0. The van der Waals surface area contributed by atoms with Crippen LogP contribution in [0.25, 0.3) is 0 Å². The molecule has 6 heteroatoms. The Kier molecular flexibility index (Phi) is 5.35. The monoisotopic (exact) mass is 300 g/mol. The molecular weight excluding hydrogens is 284 g/mol. The van der Waals surface area contributed by atoms with E-state index in [0.29, 0.717) is 5.56 Å². The van der Waals surface area contributed by atoms with Gasteiger partial charge in [0.2, 0.25) is 0 Å². The minimum Gasteiger partial charge on any atom is -0.394 e. The number of non-ortho nitro benzene ring substituents is 1. The van der Waals surface area contributed by atoms with Gasteiger partial charge in [-0.1, -0.05) is 30.3 Å². The summed E-state index contributed by atoms with van der Waals surface area (Å²) in [7, 11) is 0. The number of hydrogen-bond donors (Lipinski definition) is 2. The Balaban J connectivity index is 2.12. The van der Waals surface area contributed by atoms with Crippen molar-refractivity contribution in [2.75, 3.05) is 6.61 Å². The molecule has 0 aliphatic rings. The van der Waals surface area contributed by atoms with Crippen LogP contribution in [0, 0.1) is 10.1 Å². The van der Waals surface area contributed by atoms with Crippen LogP contribution in [-0.4, -0.2) is 34.0 Å². The molecule has 2 aromatic carbocycles. The second kappa shape index (κ2) is 7.44. The summed E-state index contributed by atoms with van der Waals surface area (Å²) in [5, 5.41) is 30.3. The number of aliphatic hydroxyl groups excluding tert-OH is 2. The average Bonchev–Trinajstić information content (AvgIpc) is 2.56. The summed E-state index contributed by atoms with van der Waals surface area (Å²) < 4.78 is 0. The van der Waals surface area contributed by atoms with Gasteiger partial charge in [-0.25, -0.2) is 0 Å². The third-order valence-electron chi connectivity index (χ3n) is 3.21. The summed E-state index contributed by atoms with van der Waals surface area (Å²) in [5.41, 5.74) is 1.27. The van der Waals surface area contributed by atoms with Gasteiger partial charge in [-0.2, -0.15) is 0 Å². The lowest BCUT2D eigenvalue weighted by Crippen LogP contribution is -2.21. The maximum Gasteiger partial charge on any atom is 0.269 e. The van der Waals surface area contributed by atoms with Gasteiger partial charge in [-0.05, 0) is 23.3 Å². The number of hydrogen-bond acceptors (Lipinski definition) is 5. The van der Waals surface area contributed by atoms with Crippen molar-refractivity contribution in [3.63, 3.8) is 0 Å². The van der Waals surface area contributed by atoms with Crippen LogP contribution < -0.4 is 0 Å². The molecule has 2 rings (SSSR count). The molecule has 2 aromatic rings. The first-order chi connectivity index (χ1) is 10.6. The zero-order chi connectivity index (χ0) is 15.9. The molecule has 0 aliphatic heterocycles. The standard InChI is InChI=1S/C16H16N2O4/c19-11-15(17-10-12-4-2-1-3-5-12)16(20)13-6-8-14(9-7-13)18(21)22/h1-10,15-16,19-20H,11H2/t15-,16+/m1/s1. The Labute approximate surface area is 127 Å². The minimum absolute atomic E-state index is 0.0516. The van der Waals surface area contributed by atoms with Crippen LogP contribution in [0.3, 0.4) is 0 Å². The molecule has 22 heavy (non-hydrogen) atoms. The van der Waals surface area contributed by atoms with E-state index in [2.05, 4.69) is 4.99 Å². The summed E-state index contributed by atoms with van der Waals surface area (Å²) in [4.78, 5) is 14.3. The molecule has 6 nitrogen and oxygen atoms in total. The molecule has 0 unspecified atom stereocenters. The molecule has 0 saturated heterocycles. The Morgan fingerprint density at radius 1 is 1.14 bits per heavy atom. The Bertz CT molecular complexity index is 641. The van der Waals surface area contributed by atoms with Gasteiger partial charge in [0.1, 0.15) is 12.1 Å². The summed E-state index contributed by atoms with van der Waals surface area (Å²) >= 11 is 0. The van der Waals surface area contributed by atoms with E-state index >= 15 is 0 Å². The molecule has 0 amide bonds. The molecule has 0 aromatic heterocycles. The van der Waals surface area contributed by atoms with Crippen LogP contribution in [0.4, 0.5) is 5.69 Å². The topological polar surface area (TPSA) is 96.0 Å². The molecule has 0 aliphatic carbocycles. The highest BCUT2D eigenvalue weighted by atomic mass is 16.6. The van der Waals surface area contributed by atoms with E-state index in [-0.39, 0.29) is 12.3 Å². The van der Waals surface area contributed by atoms with E-state index in [1.807, 2.05) is 30.3 Å². The van der Waals surface area contributed by atoms with Gasteiger partial charge in [-0.3, -0.25) is 15.1 Å². The van der Waals surface area contributed by atoms with Crippen LogP contribution >= 0.6 is 0 Å². The first-order valence-corrected chi connectivity index (χ1v) is 6.73. The fourth-order valence-electron chi connectivity index (χ4n) is 1.96. The molecule has 0 bridgehead atoms. The van der Waals surface area contributed by atoms with Crippen molar-refractivity contribution in [1.82, 2.24) is 0 Å². The highest BCUT2D eigenvalue weighted by Gasteiger charge is 2.19. The number of benzene rings is 2. The van der Waals surface area contributed by atoms with Crippen LogP contribution in [0.5, 0.6) is 0 Å². The van der Waals surface area contributed by atoms with Gasteiger partial charge in [0, 0.05) is 18.3 Å². The first-order valence-electron chi connectivity index (χ1n) is 6.73. The van der Waals surface area contributed by atoms with Gasteiger partial charge < -0.3 is 10.2 Å². The van der Waals surface area contributed by atoms with Crippen LogP contribution in [0.15, 0.2) is 59.6 Å². The highest BCUT2D eigenvalue weighted by Crippen LogP contribution is 2.22. The largest absolute Gasteiger partial charge is 0.394 e. The average molecular weight is 300 g/mol. The fraction of sp³-hybridized carbons (Fsp3) is 0.188. The third kappa shape index (κ3) is 3.97. The number of aliphatic imine (C=N–C) groups is 1. The van der Waals surface area contributed by atoms with Crippen molar-refractivity contribution in [3.8, 4) is 0 Å². The van der Waals surface area contributed by atoms with Crippen molar-refractivity contribution in [2.45, 2.75) is 12.1 Å². The van der Waals surface area contributed by atoms with E-state index in [1.54, 1.807) is 6.21 Å². The van der Waals surface area contributed by atoms with Crippen LogP contribution in [-0.2, 0) is 0 Å². The Hall–Kier alpha value is -2.57. The molecule has 2 N–H and O–H groups in total. The predicted molar refractivity (Wildman–Crippen MR) is 83.0 cm³/mol. The fourth-order valence-corrected chi connectivity index (χ4v) is 1.96. The van der Waals surface area contributed by atoms with Crippen LogP contribution in [0.1, 0.15) is 17.2 Å². The van der Waals surface area contributed by atoms with E-state index < -0.39 is 17.1 Å². The smallest absolute Gasteiger partial charge is 0.269 e. The van der Waals surface area contributed by atoms with E-state index in [1.165, 1.54) is 24.3 Å². The maximum atomic E-state index is 10.6. The number of rotatable bonds is 6. The van der Waals surface area contributed by atoms with Crippen molar-refractivity contribution in [3.05, 3.63) is 75.8 Å². The summed E-state index contributed by atoms with van der Waals surface area (Å²) in [6.07, 6.45) is 0.543. The van der Waals surface area contributed by atoms with Gasteiger partial charge in [-0.15, -0.1) is 0 Å². The Morgan fingerprint density at radius 3 is 2.32 bits per heavy atom. The van der Waals surface area contributed by atoms with E-state index in [0.717, 1.165) is 5.56 Å². The minimum atomic E-state index is -1.04. The first kappa shape index (κ1) is 15.8. The molecule has 114 valence electrons. The Morgan fingerprint density at radius 2 is 1.77 bits per heavy atom. The summed E-state index contributed by atoms with van der Waals surface area (Å²) in [6, 6.07) is 14.1. The molecule has 0 fully saturated rings. The lowest BCUT2D eigenvalue weighted by molar-refractivity contribution is -0.384. The summed E-state index contributed by atoms with van der Waals surface area (Å²) in [5.74, 6) is 0. The SMILES string of the molecule is O=[N+]([O-])c1ccc([C@H](O)[C@@H](CO)N=Cc2ccccc2)cc1. The number of nitrogens with zero attached hydrogens (tertiary/aromatic N) is 2. The third-order valence-corrected chi connectivity index (χ3v) is 3.21. The molecule has 2 atom stereocenters. The number of nitro benzene ring substituents is 1. The van der Waals surface area contributed by atoms with Gasteiger partial charge in [0.25, 0.3) is 5.69 Å². The lowest BCUT2D eigenvalue weighted by Gasteiger charge is -2.17. The molecular formula is C16H16N2O4. The second-order valence-electron chi connectivity index (χ2n) is 4.73. The van der Waals surface area contributed by atoms with Crippen molar-refractivity contribution >= 4 is 11.9 Å². The van der Waals surface area contributed by atoms with E-state index in [4.69, 9.17) is 0 Å². The van der Waals surface area contributed by atoms with Gasteiger partial charge >= 0.3 is 0 Å². The van der Waals surface area contributed by atoms with Crippen molar-refractivity contribution in [2.24, 2.45) is 4.99 Å². The zero-order valence-electron chi connectivity index (χ0n) is 11.7. The van der Waals surface area contributed by atoms with Crippen molar-refractivity contribution in [1.29, 1.82) is 0 Å². The normalized spacial score (nSPS) is 13.9. The number of nitro groups is 1. The van der Waals surface area contributed by atoms with E-state index in [9.17, 15) is 20.3 Å². The second-order valence-corrected chi connectivity index (χ2v) is 4.73. The predicted octanol–water partition coefficient (Wildman–Crippen LogP) is 2.11. The number of aliphatic hydroxyl groups is 2.